The number of ether oxygens (including phenoxy) is 1. The monoisotopic (exact) mass is 193 g/mol. The fraction of sp³-hybridized carbons (Fsp3) is 0.500. The molecule has 0 atom stereocenters. The zero-order chi connectivity index (χ0) is 10.4. The summed E-state index contributed by atoms with van der Waals surface area (Å²) in [5, 5.41) is 3.15. The van der Waals surface area contributed by atoms with E-state index < -0.39 is 0 Å². The summed E-state index contributed by atoms with van der Waals surface area (Å²) in [7, 11) is 3.71. The number of aryl methyl sites for hydroxylation is 2. The van der Waals surface area contributed by atoms with Crippen LogP contribution in [0.5, 0.6) is 5.75 Å². The van der Waals surface area contributed by atoms with Crippen molar-refractivity contribution in [2.75, 3.05) is 20.7 Å². The van der Waals surface area contributed by atoms with Crippen LogP contribution in [0.25, 0.3) is 0 Å². The molecule has 1 aromatic rings. The van der Waals surface area contributed by atoms with Crippen LogP contribution in [0.3, 0.4) is 0 Å². The van der Waals surface area contributed by atoms with Crippen LogP contribution in [0, 0.1) is 6.92 Å². The summed E-state index contributed by atoms with van der Waals surface area (Å²) in [6.07, 6.45) is 2.22. The van der Waals surface area contributed by atoms with E-state index in [4.69, 9.17) is 4.74 Å². The Balaban J connectivity index is 2.67. The highest BCUT2D eigenvalue weighted by atomic mass is 16.5. The average Bonchev–Trinajstić information content (AvgIpc) is 2.19. The number of methoxy groups -OCH3 is 1. The minimum Gasteiger partial charge on any atom is -0.496 e. The fourth-order valence-electron chi connectivity index (χ4n) is 1.56. The van der Waals surface area contributed by atoms with Crippen LogP contribution < -0.4 is 10.1 Å². The SMILES string of the molecule is CNCCCc1cc(C)ccc1OC. The van der Waals surface area contributed by atoms with Gasteiger partial charge in [0, 0.05) is 0 Å². The van der Waals surface area contributed by atoms with Crippen LogP contribution >= 0.6 is 0 Å². The van der Waals surface area contributed by atoms with E-state index in [1.54, 1.807) is 7.11 Å². The van der Waals surface area contributed by atoms with Crippen molar-refractivity contribution < 1.29 is 4.74 Å². The minimum absolute atomic E-state index is 1.01. The molecule has 0 fully saturated rings. The Labute approximate surface area is 86.3 Å². The molecule has 0 aliphatic carbocycles. The lowest BCUT2D eigenvalue weighted by molar-refractivity contribution is 0.409. The maximum Gasteiger partial charge on any atom is 0.122 e. The maximum absolute atomic E-state index is 5.31. The zero-order valence-electron chi connectivity index (χ0n) is 9.26. The lowest BCUT2D eigenvalue weighted by Gasteiger charge is -2.09. The minimum atomic E-state index is 1.01. The Morgan fingerprint density at radius 2 is 2.14 bits per heavy atom. The van der Waals surface area contributed by atoms with Gasteiger partial charge in [-0.1, -0.05) is 17.7 Å². The van der Waals surface area contributed by atoms with Gasteiger partial charge in [-0.25, -0.2) is 0 Å². The van der Waals surface area contributed by atoms with Crippen LogP contribution in [0.2, 0.25) is 0 Å². The molecule has 0 heterocycles. The normalized spacial score (nSPS) is 10.2. The molecule has 0 spiro atoms. The third-order valence-corrected chi connectivity index (χ3v) is 2.31. The van der Waals surface area contributed by atoms with Crippen molar-refractivity contribution in [3.05, 3.63) is 29.3 Å². The summed E-state index contributed by atoms with van der Waals surface area (Å²) in [5.41, 5.74) is 2.60. The molecule has 78 valence electrons. The molecule has 0 saturated carbocycles. The second kappa shape index (κ2) is 5.66. The quantitative estimate of drug-likeness (QED) is 0.723. The lowest BCUT2D eigenvalue weighted by Crippen LogP contribution is -2.08. The first-order chi connectivity index (χ1) is 6.77. The second-order valence-electron chi connectivity index (χ2n) is 3.52. The van der Waals surface area contributed by atoms with Gasteiger partial charge in [-0.2, -0.15) is 0 Å². The van der Waals surface area contributed by atoms with E-state index in [1.165, 1.54) is 11.1 Å². The molecule has 0 unspecified atom stereocenters. The van der Waals surface area contributed by atoms with Crippen LogP contribution in [0.4, 0.5) is 0 Å². The summed E-state index contributed by atoms with van der Waals surface area (Å²) >= 11 is 0. The number of hydrogen-bond donors (Lipinski definition) is 1. The van der Waals surface area contributed by atoms with Crippen molar-refractivity contribution >= 4 is 0 Å². The van der Waals surface area contributed by atoms with E-state index in [-0.39, 0.29) is 0 Å². The van der Waals surface area contributed by atoms with Crippen molar-refractivity contribution in [2.24, 2.45) is 0 Å². The molecule has 14 heavy (non-hydrogen) atoms. The Morgan fingerprint density at radius 3 is 2.79 bits per heavy atom. The molecule has 2 nitrogen and oxygen atoms in total. The molecular weight excluding hydrogens is 174 g/mol. The summed E-state index contributed by atoms with van der Waals surface area (Å²) in [6.45, 7) is 3.16. The molecule has 1 N–H and O–H groups in total. The molecule has 0 aliphatic rings. The maximum atomic E-state index is 5.31. The van der Waals surface area contributed by atoms with Crippen LogP contribution in [0.1, 0.15) is 17.5 Å². The fourth-order valence-corrected chi connectivity index (χ4v) is 1.56. The standard InChI is InChI=1S/C12H19NO/c1-10-6-7-12(14-3)11(9-10)5-4-8-13-2/h6-7,9,13H,4-5,8H2,1-3H3. The molecule has 0 aromatic heterocycles. The third-order valence-electron chi connectivity index (χ3n) is 2.31. The zero-order valence-corrected chi connectivity index (χ0v) is 9.26. The largest absolute Gasteiger partial charge is 0.496 e. The van der Waals surface area contributed by atoms with Gasteiger partial charge in [-0.05, 0) is 45.0 Å². The average molecular weight is 193 g/mol. The Hall–Kier alpha value is -1.02. The highest BCUT2D eigenvalue weighted by molar-refractivity contribution is 5.36. The third kappa shape index (κ3) is 3.04. The van der Waals surface area contributed by atoms with Gasteiger partial charge in [0.1, 0.15) is 5.75 Å². The molecule has 0 radical (unpaired) electrons. The first-order valence-corrected chi connectivity index (χ1v) is 5.06. The van der Waals surface area contributed by atoms with Crippen molar-refractivity contribution in [3.8, 4) is 5.75 Å². The molecule has 2 heteroatoms. The van der Waals surface area contributed by atoms with Crippen molar-refractivity contribution in [3.63, 3.8) is 0 Å². The summed E-state index contributed by atoms with van der Waals surface area (Å²) in [6, 6.07) is 6.33. The Morgan fingerprint density at radius 1 is 1.36 bits per heavy atom. The summed E-state index contributed by atoms with van der Waals surface area (Å²) < 4.78 is 5.31. The Kier molecular flexibility index (Phi) is 4.47. The Bertz CT molecular complexity index is 284. The number of rotatable bonds is 5. The molecule has 0 saturated heterocycles. The molecule has 1 aromatic carbocycles. The first-order valence-electron chi connectivity index (χ1n) is 5.06. The van der Waals surface area contributed by atoms with E-state index in [0.29, 0.717) is 0 Å². The van der Waals surface area contributed by atoms with Gasteiger partial charge >= 0.3 is 0 Å². The van der Waals surface area contributed by atoms with Gasteiger partial charge < -0.3 is 10.1 Å². The summed E-state index contributed by atoms with van der Waals surface area (Å²) in [5.74, 6) is 1.01. The van der Waals surface area contributed by atoms with Gasteiger partial charge in [-0.15, -0.1) is 0 Å². The van der Waals surface area contributed by atoms with E-state index in [0.717, 1.165) is 25.1 Å². The van der Waals surface area contributed by atoms with Crippen molar-refractivity contribution in [1.82, 2.24) is 5.32 Å². The first kappa shape index (κ1) is 11.1. The van der Waals surface area contributed by atoms with Crippen LogP contribution in [-0.2, 0) is 6.42 Å². The van der Waals surface area contributed by atoms with Crippen LogP contribution in [-0.4, -0.2) is 20.7 Å². The van der Waals surface area contributed by atoms with Crippen molar-refractivity contribution in [1.29, 1.82) is 0 Å². The predicted molar refractivity (Wildman–Crippen MR) is 60.0 cm³/mol. The van der Waals surface area contributed by atoms with E-state index in [1.807, 2.05) is 13.1 Å². The second-order valence-corrected chi connectivity index (χ2v) is 3.52. The van der Waals surface area contributed by atoms with E-state index in [2.05, 4.69) is 24.4 Å². The number of hydrogen-bond acceptors (Lipinski definition) is 2. The van der Waals surface area contributed by atoms with Gasteiger partial charge in [0.15, 0.2) is 0 Å². The molecular formula is C12H19NO. The lowest BCUT2D eigenvalue weighted by atomic mass is 10.1. The number of nitrogens with one attached hydrogen (secondary N) is 1. The highest BCUT2D eigenvalue weighted by Gasteiger charge is 2.01. The number of benzene rings is 1. The van der Waals surface area contributed by atoms with Crippen LogP contribution in [0.15, 0.2) is 18.2 Å². The molecule has 0 aliphatic heterocycles. The topological polar surface area (TPSA) is 21.3 Å². The van der Waals surface area contributed by atoms with E-state index in [9.17, 15) is 0 Å². The predicted octanol–water partition coefficient (Wildman–Crippen LogP) is 2.16. The van der Waals surface area contributed by atoms with Gasteiger partial charge in [0.05, 0.1) is 7.11 Å². The molecule has 0 bridgehead atoms. The van der Waals surface area contributed by atoms with E-state index >= 15 is 0 Å². The smallest absolute Gasteiger partial charge is 0.122 e. The van der Waals surface area contributed by atoms with Crippen molar-refractivity contribution in [2.45, 2.75) is 19.8 Å². The van der Waals surface area contributed by atoms with Gasteiger partial charge in [0.25, 0.3) is 0 Å². The van der Waals surface area contributed by atoms with Gasteiger partial charge in [0.2, 0.25) is 0 Å². The molecule has 1 rings (SSSR count). The highest BCUT2D eigenvalue weighted by Crippen LogP contribution is 2.20. The summed E-state index contributed by atoms with van der Waals surface area (Å²) in [4.78, 5) is 0. The van der Waals surface area contributed by atoms with Gasteiger partial charge in [-0.3, -0.25) is 0 Å². The molecule has 0 amide bonds.